The molecule has 0 bridgehead atoms. The predicted molar refractivity (Wildman–Crippen MR) is 83.1 cm³/mol. The number of likely N-dealkylation sites (tertiary alicyclic amines) is 1. The molecule has 1 saturated carbocycles. The van der Waals surface area contributed by atoms with Gasteiger partial charge in [-0.15, -0.1) is 0 Å². The minimum atomic E-state index is 0.406. The topological polar surface area (TPSA) is 29.3 Å². The number of rotatable bonds is 2. The average Bonchev–Trinajstić information content (AvgIpc) is 2.58. The lowest BCUT2D eigenvalue weighted by Crippen LogP contribution is -2.53. The quantitative estimate of drug-likeness (QED) is 0.826. The van der Waals surface area contributed by atoms with E-state index >= 15 is 0 Å². The van der Waals surface area contributed by atoms with Crippen molar-refractivity contribution in [3.8, 4) is 0 Å². The molecule has 2 aliphatic rings. The van der Waals surface area contributed by atoms with Gasteiger partial charge >= 0.3 is 0 Å². The van der Waals surface area contributed by atoms with Gasteiger partial charge in [0, 0.05) is 12.1 Å². The molecule has 1 heterocycles. The van der Waals surface area contributed by atoms with Gasteiger partial charge in [0.05, 0.1) is 0 Å². The van der Waals surface area contributed by atoms with Gasteiger partial charge in [0.2, 0.25) is 0 Å². The Morgan fingerprint density at radius 3 is 2.53 bits per heavy atom. The lowest BCUT2D eigenvalue weighted by atomic mass is 9.72. The zero-order valence-corrected chi connectivity index (χ0v) is 13.5. The maximum absolute atomic E-state index is 6.43. The Labute approximate surface area is 120 Å². The molecule has 0 spiro atoms. The molecular weight excluding hydrogens is 232 g/mol. The molecular formula is C17H34N2. The highest BCUT2D eigenvalue weighted by Gasteiger charge is 2.36. The van der Waals surface area contributed by atoms with Gasteiger partial charge in [0.1, 0.15) is 0 Å². The first-order valence-electron chi connectivity index (χ1n) is 8.39. The van der Waals surface area contributed by atoms with Gasteiger partial charge in [-0.05, 0) is 68.9 Å². The Kier molecular flexibility index (Phi) is 4.94. The Balaban J connectivity index is 1.97. The molecule has 0 radical (unpaired) electrons. The molecule has 112 valence electrons. The summed E-state index contributed by atoms with van der Waals surface area (Å²) in [5.41, 5.74) is 6.93. The maximum atomic E-state index is 6.43. The van der Waals surface area contributed by atoms with E-state index in [1.165, 1.54) is 51.6 Å². The van der Waals surface area contributed by atoms with Crippen molar-refractivity contribution in [3.63, 3.8) is 0 Å². The van der Waals surface area contributed by atoms with Crippen LogP contribution >= 0.6 is 0 Å². The fraction of sp³-hybridized carbons (Fsp3) is 1.00. The third-order valence-electron chi connectivity index (χ3n) is 5.63. The van der Waals surface area contributed by atoms with Gasteiger partial charge in [-0.1, -0.05) is 27.7 Å². The molecule has 3 unspecified atom stereocenters. The van der Waals surface area contributed by atoms with Crippen LogP contribution in [-0.4, -0.2) is 30.1 Å². The van der Waals surface area contributed by atoms with Gasteiger partial charge in [-0.25, -0.2) is 0 Å². The van der Waals surface area contributed by atoms with Crippen LogP contribution in [0.15, 0.2) is 0 Å². The zero-order chi connectivity index (χ0) is 14.0. The lowest BCUT2D eigenvalue weighted by molar-refractivity contribution is 0.0789. The molecule has 1 aliphatic heterocycles. The highest BCUT2D eigenvalue weighted by atomic mass is 15.2. The fourth-order valence-corrected chi connectivity index (χ4v) is 4.11. The van der Waals surface area contributed by atoms with Crippen LogP contribution in [0.4, 0.5) is 0 Å². The SMILES string of the molecule is CC(C)C1CCCN(C2CC(C)(C)CCC2N)CC1. The summed E-state index contributed by atoms with van der Waals surface area (Å²) in [6.45, 7) is 12.2. The molecule has 0 aromatic carbocycles. The molecule has 2 rings (SSSR count). The highest BCUT2D eigenvalue weighted by molar-refractivity contribution is 4.93. The van der Waals surface area contributed by atoms with Crippen molar-refractivity contribution < 1.29 is 0 Å². The third-order valence-corrected chi connectivity index (χ3v) is 5.63. The van der Waals surface area contributed by atoms with Gasteiger partial charge in [0.15, 0.2) is 0 Å². The summed E-state index contributed by atoms with van der Waals surface area (Å²) < 4.78 is 0. The summed E-state index contributed by atoms with van der Waals surface area (Å²) >= 11 is 0. The van der Waals surface area contributed by atoms with Crippen LogP contribution in [0.25, 0.3) is 0 Å². The second-order valence-corrected chi connectivity index (χ2v) is 8.11. The van der Waals surface area contributed by atoms with Crippen LogP contribution in [0.2, 0.25) is 0 Å². The van der Waals surface area contributed by atoms with E-state index in [4.69, 9.17) is 5.73 Å². The molecule has 19 heavy (non-hydrogen) atoms. The number of hydrogen-bond donors (Lipinski definition) is 1. The molecule has 2 fully saturated rings. The minimum Gasteiger partial charge on any atom is -0.326 e. The first-order valence-corrected chi connectivity index (χ1v) is 8.39. The molecule has 0 aromatic rings. The molecule has 3 atom stereocenters. The van der Waals surface area contributed by atoms with E-state index in [1.807, 2.05) is 0 Å². The van der Waals surface area contributed by atoms with E-state index in [2.05, 4.69) is 32.6 Å². The van der Waals surface area contributed by atoms with Crippen LogP contribution in [-0.2, 0) is 0 Å². The molecule has 0 aromatic heterocycles. The maximum Gasteiger partial charge on any atom is 0.0252 e. The van der Waals surface area contributed by atoms with E-state index < -0.39 is 0 Å². The lowest BCUT2D eigenvalue weighted by Gasteiger charge is -2.44. The summed E-state index contributed by atoms with van der Waals surface area (Å²) in [5.74, 6) is 1.77. The predicted octanol–water partition coefficient (Wildman–Crippen LogP) is 3.65. The second-order valence-electron chi connectivity index (χ2n) is 8.11. The summed E-state index contributed by atoms with van der Waals surface area (Å²) in [5, 5.41) is 0. The fourth-order valence-electron chi connectivity index (χ4n) is 4.11. The van der Waals surface area contributed by atoms with E-state index in [9.17, 15) is 0 Å². The summed E-state index contributed by atoms with van der Waals surface area (Å²) in [6.07, 6.45) is 7.96. The monoisotopic (exact) mass is 266 g/mol. The minimum absolute atomic E-state index is 0.406. The van der Waals surface area contributed by atoms with Crippen molar-refractivity contribution >= 4 is 0 Å². The smallest absolute Gasteiger partial charge is 0.0252 e. The standard InChI is InChI=1S/C17H34N2/c1-13(2)14-6-5-10-19(11-8-14)16-12-17(3,4)9-7-15(16)18/h13-16H,5-12,18H2,1-4H3. The Morgan fingerprint density at radius 2 is 1.84 bits per heavy atom. The zero-order valence-electron chi connectivity index (χ0n) is 13.5. The highest BCUT2D eigenvalue weighted by Crippen LogP contribution is 2.38. The summed E-state index contributed by atoms with van der Waals surface area (Å²) in [7, 11) is 0. The number of hydrogen-bond acceptors (Lipinski definition) is 2. The van der Waals surface area contributed by atoms with Crippen LogP contribution in [0.3, 0.4) is 0 Å². The van der Waals surface area contributed by atoms with E-state index in [-0.39, 0.29) is 0 Å². The number of nitrogens with zero attached hydrogens (tertiary/aromatic N) is 1. The van der Waals surface area contributed by atoms with Crippen LogP contribution in [0.1, 0.15) is 66.2 Å². The largest absolute Gasteiger partial charge is 0.326 e. The van der Waals surface area contributed by atoms with Gasteiger partial charge in [0.25, 0.3) is 0 Å². The number of nitrogens with two attached hydrogens (primary N) is 1. The van der Waals surface area contributed by atoms with Crippen molar-refractivity contribution in [2.45, 2.75) is 78.3 Å². The molecule has 1 saturated heterocycles. The third kappa shape index (κ3) is 3.95. The van der Waals surface area contributed by atoms with E-state index in [0.717, 1.165) is 11.8 Å². The average molecular weight is 266 g/mol. The van der Waals surface area contributed by atoms with Crippen molar-refractivity contribution in [2.24, 2.45) is 23.0 Å². The van der Waals surface area contributed by atoms with Gasteiger partial charge in [-0.2, -0.15) is 0 Å². The first-order chi connectivity index (χ1) is 8.89. The molecule has 0 amide bonds. The van der Waals surface area contributed by atoms with Crippen LogP contribution in [0.5, 0.6) is 0 Å². The molecule has 2 N–H and O–H groups in total. The molecule has 2 heteroatoms. The molecule has 2 nitrogen and oxygen atoms in total. The van der Waals surface area contributed by atoms with Gasteiger partial charge < -0.3 is 5.73 Å². The first kappa shape index (κ1) is 15.3. The normalized spacial score (nSPS) is 37.3. The van der Waals surface area contributed by atoms with Crippen molar-refractivity contribution in [1.29, 1.82) is 0 Å². The summed E-state index contributed by atoms with van der Waals surface area (Å²) in [6, 6.07) is 1.04. The van der Waals surface area contributed by atoms with Gasteiger partial charge in [-0.3, -0.25) is 4.90 Å². The van der Waals surface area contributed by atoms with E-state index in [0.29, 0.717) is 17.5 Å². The van der Waals surface area contributed by atoms with Crippen molar-refractivity contribution in [3.05, 3.63) is 0 Å². The Bertz CT molecular complexity index is 285. The van der Waals surface area contributed by atoms with Crippen molar-refractivity contribution in [1.82, 2.24) is 4.90 Å². The summed E-state index contributed by atoms with van der Waals surface area (Å²) in [4.78, 5) is 2.73. The molecule has 1 aliphatic carbocycles. The second kappa shape index (κ2) is 6.13. The van der Waals surface area contributed by atoms with Crippen molar-refractivity contribution in [2.75, 3.05) is 13.1 Å². The Morgan fingerprint density at radius 1 is 1.11 bits per heavy atom. The van der Waals surface area contributed by atoms with Crippen LogP contribution in [0, 0.1) is 17.3 Å². The van der Waals surface area contributed by atoms with Crippen LogP contribution < -0.4 is 5.73 Å². The Hall–Kier alpha value is -0.0800. The van der Waals surface area contributed by atoms with E-state index in [1.54, 1.807) is 0 Å².